The summed E-state index contributed by atoms with van der Waals surface area (Å²) in [6.45, 7) is 3.17. The topological polar surface area (TPSA) is 94.7 Å². The van der Waals surface area contributed by atoms with Crippen molar-refractivity contribution in [2.45, 2.75) is 69.4 Å². The van der Waals surface area contributed by atoms with Crippen molar-refractivity contribution in [1.82, 2.24) is 20.2 Å². The zero-order chi connectivity index (χ0) is 20.7. The predicted molar refractivity (Wildman–Crippen MR) is 112 cm³/mol. The molecule has 8 nitrogen and oxygen atoms in total. The largest absolute Gasteiger partial charge is 0.364 e. The number of ether oxygens (including phenoxy) is 1. The second-order valence-electron chi connectivity index (χ2n) is 8.85. The van der Waals surface area contributed by atoms with Gasteiger partial charge in [0.25, 0.3) is 5.91 Å². The van der Waals surface area contributed by atoms with Crippen LogP contribution in [0.2, 0.25) is 0 Å². The number of amides is 1. The highest BCUT2D eigenvalue weighted by Crippen LogP contribution is 2.28. The Labute approximate surface area is 176 Å². The van der Waals surface area contributed by atoms with Gasteiger partial charge in [-0.1, -0.05) is 6.42 Å². The number of piperidine rings is 2. The van der Waals surface area contributed by atoms with Crippen LogP contribution in [0.15, 0.2) is 24.4 Å². The summed E-state index contributed by atoms with van der Waals surface area (Å²) in [6.07, 6.45) is 6.81. The van der Waals surface area contributed by atoms with Gasteiger partial charge in [-0.2, -0.15) is 10.4 Å². The summed E-state index contributed by atoms with van der Waals surface area (Å²) in [6, 6.07) is 9.07. The van der Waals surface area contributed by atoms with Crippen LogP contribution in [0, 0.1) is 11.3 Å². The first kappa shape index (κ1) is 19.3. The van der Waals surface area contributed by atoms with Crippen LogP contribution in [-0.4, -0.2) is 58.9 Å². The monoisotopic (exact) mass is 408 g/mol. The summed E-state index contributed by atoms with van der Waals surface area (Å²) in [4.78, 5) is 15.3. The Balaban J connectivity index is 1.31. The Morgan fingerprint density at radius 2 is 2.07 bits per heavy atom. The number of morpholine rings is 1. The molecule has 0 radical (unpaired) electrons. The number of nitrogens with one attached hydrogen (secondary N) is 2. The van der Waals surface area contributed by atoms with Crippen molar-refractivity contribution in [1.29, 1.82) is 5.26 Å². The Morgan fingerprint density at radius 3 is 2.83 bits per heavy atom. The second-order valence-corrected chi connectivity index (χ2v) is 8.85. The van der Waals surface area contributed by atoms with E-state index < -0.39 is 6.10 Å². The molecule has 2 bridgehead atoms. The summed E-state index contributed by atoms with van der Waals surface area (Å²) in [5, 5.41) is 20.5. The van der Waals surface area contributed by atoms with E-state index in [2.05, 4.69) is 26.7 Å². The number of nitrogens with zero attached hydrogens (tertiary/aromatic N) is 4. The first-order chi connectivity index (χ1) is 14.6. The lowest BCUT2D eigenvalue weighted by Crippen LogP contribution is -2.58. The third kappa shape index (κ3) is 3.64. The molecule has 3 saturated heterocycles. The molecule has 2 aromatic rings. The van der Waals surface area contributed by atoms with Crippen molar-refractivity contribution >= 4 is 17.1 Å². The van der Waals surface area contributed by atoms with Crippen molar-refractivity contribution in [3.8, 4) is 6.07 Å². The van der Waals surface area contributed by atoms with Gasteiger partial charge < -0.3 is 20.3 Å². The molecule has 5 rings (SSSR count). The molecule has 0 saturated carbocycles. The first-order valence-electron chi connectivity index (χ1n) is 10.9. The van der Waals surface area contributed by atoms with E-state index in [0.717, 1.165) is 24.0 Å². The molecule has 8 heteroatoms. The number of carbonyl (C=O) groups is 1. The predicted octanol–water partition coefficient (Wildman–Crippen LogP) is 1.59. The lowest BCUT2D eigenvalue weighted by atomic mass is 9.84. The van der Waals surface area contributed by atoms with E-state index in [9.17, 15) is 10.1 Å². The molecule has 1 amide bonds. The van der Waals surface area contributed by atoms with Crippen LogP contribution in [-0.2, 0) is 9.53 Å². The smallest absolute Gasteiger partial charge is 0.251 e. The average molecular weight is 409 g/mol. The van der Waals surface area contributed by atoms with E-state index in [1.165, 1.54) is 19.3 Å². The number of anilines is 1. The maximum atomic E-state index is 13.1. The van der Waals surface area contributed by atoms with Gasteiger partial charge in [0.05, 0.1) is 30.0 Å². The minimum absolute atomic E-state index is 0.0188. The van der Waals surface area contributed by atoms with E-state index in [-0.39, 0.29) is 18.1 Å². The molecule has 2 aromatic heterocycles. The van der Waals surface area contributed by atoms with E-state index >= 15 is 0 Å². The van der Waals surface area contributed by atoms with Gasteiger partial charge in [-0.3, -0.25) is 4.79 Å². The van der Waals surface area contributed by atoms with Crippen molar-refractivity contribution in [3.05, 3.63) is 30.1 Å². The summed E-state index contributed by atoms with van der Waals surface area (Å²) < 4.78 is 7.68. The number of hydrogen-bond acceptors (Lipinski definition) is 6. The van der Waals surface area contributed by atoms with Crippen molar-refractivity contribution < 1.29 is 9.53 Å². The van der Waals surface area contributed by atoms with Crippen LogP contribution in [0.1, 0.15) is 44.7 Å². The zero-order valence-corrected chi connectivity index (χ0v) is 17.3. The number of pyridine rings is 1. The summed E-state index contributed by atoms with van der Waals surface area (Å²) in [5.41, 5.74) is 2.33. The van der Waals surface area contributed by atoms with Crippen LogP contribution >= 0.6 is 0 Å². The molecule has 158 valence electrons. The molecular formula is C22H28N6O2. The fourth-order valence-corrected chi connectivity index (χ4v) is 5.33. The van der Waals surface area contributed by atoms with Gasteiger partial charge in [-0.05, 0) is 50.8 Å². The molecule has 0 spiro atoms. The molecular weight excluding hydrogens is 380 g/mol. The van der Waals surface area contributed by atoms with Gasteiger partial charge >= 0.3 is 0 Å². The molecule has 3 fully saturated rings. The quantitative estimate of drug-likeness (QED) is 0.801. The molecule has 30 heavy (non-hydrogen) atoms. The molecule has 0 aromatic carbocycles. The Kier molecular flexibility index (Phi) is 5.09. The maximum absolute atomic E-state index is 13.1. The summed E-state index contributed by atoms with van der Waals surface area (Å²) >= 11 is 0. The normalized spacial score (nSPS) is 31.3. The second kappa shape index (κ2) is 7.89. The van der Waals surface area contributed by atoms with Gasteiger partial charge in [-0.15, -0.1) is 0 Å². The number of carbonyl (C=O) groups excluding carboxylic acids is 1. The SMILES string of the molecule is C[C@@H]1CN(c2ccc(C#N)n3nccc23)C[C@H](C(=O)NC2CC3CCCC(C2)N3)O1. The van der Waals surface area contributed by atoms with Gasteiger partial charge in [0.15, 0.2) is 6.10 Å². The van der Waals surface area contributed by atoms with Gasteiger partial charge in [-0.25, -0.2) is 4.52 Å². The van der Waals surface area contributed by atoms with Crippen LogP contribution in [0.25, 0.3) is 5.52 Å². The maximum Gasteiger partial charge on any atom is 0.251 e. The molecule has 2 N–H and O–H groups in total. The van der Waals surface area contributed by atoms with Crippen LogP contribution in [0.4, 0.5) is 5.69 Å². The third-order valence-electron chi connectivity index (χ3n) is 6.60. The molecule has 3 aliphatic heterocycles. The standard InChI is InChI=1S/C22H28N6O2/c1-14-12-27(19-6-5-18(11-23)28-20(19)7-8-24-28)13-21(30-14)22(29)26-17-9-15-3-2-4-16(10-17)25-15/h5-8,14-17,21,25H,2-4,9-10,12-13H2,1H3,(H,26,29)/t14-,15?,16?,17?,21-/m1/s1. The average Bonchev–Trinajstić information content (AvgIpc) is 3.22. The van der Waals surface area contributed by atoms with E-state index in [0.29, 0.717) is 30.9 Å². The third-order valence-corrected chi connectivity index (χ3v) is 6.60. The highest BCUT2D eigenvalue weighted by Gasteiger charge is 2.36. The van der Waals surface area contributed by atoms with Crippen molar-refractivity contribution in [3.63, 3.8) is 0 Å². The Bertz CT molecular complexity index is 970. The first-order valence-corrected chi connectivity index (χ1v) is 10.9. The van der Waals surface area contributed by atoms with Crippen LogP contribution in [0.5, 0.6) is 0 Å². The Morgan fingerprint density at radius 1 is 1.27 bits per heavy atom. The highest BCUT2D eigenvalue weighted by molar-refractivity contribution is 5.83. The number of aromatic nitrogens is 2. The number of nitriles is 1. The Hall–Kier alpha value is -2.63. The lowest BCUT2D eigenvalue weighted by Gasteiger charge is -2.42. The number of rotatable bonds is 3. The van der Waals surface area contributed by atoms with Crippen molar-refractivity contribution in [2.24, 2.45) is 0 Å². The van der Waals surface area contributed by atoms with E-state index in [4.69, 9.17) is 4.74 Å². The number of fused-ring (bicyclic) bond motifs is 3. The molecule has 3 aliphatic rings. The van der Waals surface area contributed by atoms with Crippen LogP contribution < -0.4 is 15.5 Å². The fourth-order valence-electron chi connectivity index (χ4n) is 5.33. The van der Waals surface area contributed by atoms with Gasteiger partial charge in [0.1, 0.15) is 11.8 Å². The molecule has 4 atom stereocenters. The lowest BCUT2D eigenvalue weighted by molar-refractivity contribution is -0.138. The van der Waals surface area contributed by atoms with Gasteiger partial charge in [0, 0.05) is 24.7 Å². The van der Waals surface area contributed by atoms with Crippen LogP contribution in [0.3, 0.4) is 0 Å². The van der Waals surface area contributed by atoms with Crippen molar-refractivity contribution in [2.75, 3.05) is 18.0 Å². The molecule has 5 heterocycles. The van der Waals surface area contributed by atoms with E-state index in [1.807, 2.05) is 19.1 Å². The van der Waals surface area contributed by atoms with Gasteiger partial charge in [0.2, 0.25) is 0 Å². The summed E-state index contributed by atoms with van der Waals surface area (Å²) in [7, 11) is 0. The zero-order valence-electron chi connectivity index (χ0n) is 17.3. The van der Waals surface area contributed by atoms with E-state index in [1.54, 1.807) is 16.8 Å². The fraction of sp³-hybridized carbons (Fsp3) is 0.591. The minimum atomic E-state index is -0.512. The number of hydrogen-bond donors (Lipinski definition) is 2. The highest BCUT2D eigenvalue weighted by atomic mass is 16.5. The minimum Gasteiger partial charge on any atom is -0.364 e. The molecule has 2 unspecified atom stereocenters. The molecule has 0 aliphatic carbocycles. The summed E-state index contributed by atoms with van der Waals surface area (Å²) in [5.74, 6) is -0.0188.